The Bertz CT molecular complexity index is 913. The van der Waals surface area contributed by atoms with Crippen molar-refractivity contribution >= 4 is 28.2 Å². The van der Waals surface area contributed by atoms with Gasteiger partial charge in [-0.1, -0.05) is 0 Å². The van der Waals surface area contributed by atoms with Crippen molar-refractivity contribution in [2.24, 2.45) is 0 Å². The normalized spacial score (nSPS) is 16.8. The number of carbonyl (C=O) groups excluding carboxylic acids is 2. The number of thiophene rings is 1. The molecule has 1 aromatic carbocycles. The van der Waals surface area contributed by atoms with Gasteiger partial charge in [-0.25, -0.2) is 4.79 Å². The first kappa shape index (κ1) is 20.4. The molecule has 7 heteroatoms. The van der Waals surface area contributed by atoms with Gasteiger partial charge in [-0.3, -0.25) is 4.79 Å². The van der Waals surface area contributed by atoms with Crippen LogP contribution in [-0.4, -0.2) is 31.6 Å². The number of nitrogens with one attached hydrogen (secondary N) is 1. The van der Waals surface area contributed by atoms with E-state index in [0.29, 0.717) is 21.9 Å². The summed E-state index contributed by atoms with van der Waals surface area (Å²) >= 11 is 1.46. The van der Waals surface area contributed by atoms with E-state index in [1.54, 1.807) is 31.4 Å². The number of hydrogen-bond acceptors (Lipinski definition) is 5. The summed E-state index contributed by atoms with van der Waals surface area (Å²) in [6, 6.07) is 6.85. The Morgan fingerprint density at radius 2 is 1.75 bits per heavy atom. The maximum Gasteiger partial charge on any atom is 0.341 e. The van der Waals surface area contributed by atoms with Crippen molar-refractivity contribution in [1.82, 2.24) is 0 Å². The quantitative estimate of drug-likeness (QED) is 0.769. The highest BCUT2D eigenvalue weighted by Crippen LogP contribution is 2.42. The van der Waals surface area contributed by atoms with Crippen molar-refractivity contribution in [3.05, 3.63) is 45.8 Å². The van der Waals surface area contributed by atoms with Crippen molar-refractivity contribution in [2.75, 3.05) is 19.5 Å². The van der Waals surface area contributed by atoms with Gasteiger partial charge in [-0.15, -0.1) is 11.3 Å². The molecule has 0 unspecified atom stereocenters. The fourth-order valence-corrected chi connectivity index (χ4v) is 5.30. The number of rotatable bonds is 4. The van der Waals surface area contributed by atoms with E-state index in [9.17, 15) is 9.59 Å². The fourth-order valence-electron chi connectivity index (χ4n) is 4.03. The number of hydrogen-bond donors (Lipinski definition) is 2. The average Bonchev–Trinajstić information content (AvgIpc) is 2.98. The number of amides is 1. The van der Waals surface area contributed by atoms with Crippen LogP contribution in [0.1, 0.15) is 58.9 Å². The van der Waals surface area contributed by atoms with E-state index in [1.807, 2.05) is 0 Å². The summed E-state index contributed by atoms with van der Waals surface area (Å²) in [5.41, 5.74) is 1.68. The van der Waals surface area contributed by atoms with Crippen LogP contribution < -0.4 is 15.4 Å². The Kier molecular flexibility index (Phi) is 5.25. The number of ether oxygens (including phenoxy) is 2. The van der Waals surface area contributed by atoms with Crippen LogP contribution in [0.3, 0.4) is 0 Å². The van der Waals surface area contributed by atoms with Crippen molar-refractivity contribution in [2.45, 2.75) is 45.2 Å². The molecule has 0 saturated heterocycles. The second kappa shape index (κ2) is 7.22. The summed E-state index contributed by atoms with van der Waals surface area (Å²) in [5.74, 6) is -0.0126. The molecule has 6 nitrogen and oxygen atoms in total. The lowest BCUT2D eigenvalue weighted by molar-refractivity contribution is -0.789. The van der Waals surface area contributed by atoms with Gasteiger partial charge >= 0.3 is 5.97 Å². The van der Waals surface area contributed by atoms with E-state index in [4.69, 9.17) is 9.47 Å². The van der Waals surface area contributed by atoms with Crippen molar-refractivity contribution < 1.29 is 24.4 Å². The van der Waals surface area contributed by atoms with Crippen LogP contribution in [0.2, 0.25) is 0 Å². The first-order valence-electron chi connectivity index (χ1n) is 9.15. The third-order valence-electron chi connectivity index (χ3n) is 4.95. The number of anilines is 1. The second-order valence-corrected chi connectivity index (χ2v) is 9.34. The van der Waals surface area contributed by atoms with Crippen molar-refractivity contribution in [1.29, 1.82) is 0 Å². The molecule has 0 saturated carbocycles. The minimum Gasteiger partial charge on any atom is -0.497 e. The number of fused-ring (bicyclic) bond motifs is 1. The minimum atomic E-state index is -0.420. The van der Waals surface area contributed by atoms with E-state index >= 15 is 0 Å². The molecule has 150 valence electrons. The Morgan fingerprint density at radius 3 is 2.32 bits per heavy atom. The van der Waals surface area contributed by atoms with Crippen LogP contribution in [0.4, 0.5) is 5.00 Å². The van der Waals surface area contributed by atoms with E-state index in [2.05, 4.69) is 38.3 Å². The smallest absolute Gasteiger partial charge is 0.341 e. The molecule has 0 radical (unpaired) electrons. The highest BCUT2D eigenvalue weighted by molar-refractivity contribution is 7.17. The number of benzene rings is 1. The first-order valence-corrected chi connectivity index (χ1v) is 9.96. The molecular formula is C21H27N2O4S+. The predicted octanol–water partition coefficient (Wildman–Crippen LogP) is 2.93. The van der Waals surface area contributed by atoms with Gasteiger partial charge in [-0.2, -0.15) is 0 Å². The summed E-state index contributed by atoms with van der Waals surface area (Å²) in [6.07, 6.45) is 0.727. The molecule has 0 fully saturated rings. The van der Waals surface area contributed by atoms with Gasteiger partial charge in [0.2, 0.25) is 0 Å². The van der Waals surface area contributed by atoms with Crippen LogP contribution in [-0.2, 0) is 16.7 Å². The standard InChI is InChI=1S/C21H26N2O4S/c1-20(2)11-14-15(19(25)27-6)18(28-16(14)21(3,4)23-20)22-17(24)12-7-9-13(26-5)10-8-12/h7-10,23H,11H2,1-6H3,(H,22,24)/p+1. The Hall–Kier alpha value is -2.38. The second-order valence-electron chi connectivity index (χ2n) is 8.32. The fraction of sp³-hybridized carbons (Fsp3) is 0.429. The zero-order valence-corrected chi connectivity index (χ0v) is 18.0. The molecule has 3 N–H and O–H groups in total. The molecule has 3 rings (SSSR count). The van der Waals surface area contributed by atoms with Crippen LogP contribution in [0.15, 0.2) is 24.3 Å². The molecule has 28 heavy (non-hydrogen) atoms. The molecule has 0 atom stereocenters. The van der Waals surface area contributed by atoms with E-state index in [1.165, 1.54) is 18.4 Å². The van der Waals surface area contributed by atoms with Gasteiger partial charge in [0, 0.05) is 12.0 Å². The molecule has 0 spiro atoms. The number of carbonyl (C=O) groups is 2. The summed E-state index contributed by atoms with van der Waals surface area (Å²) in [7, 11) is 2.95. The summed E-state index contributed by atoms with van der Waals surface area (Å²) in [5, 5.41) is 5.78. The molecule has 2 heterocycles. The summed E-state index contributed by atoms with van der Waals surface area (Å²) in [6.45, 7) is 8.59. The molecule has 1 amide bonds. The third-order valence-corrected chi connectivity index (χ3v) is 6.43. The topological polar surface area (TPSA) is 81.2 Å². The van der Waals surface area contributed by atoms with E-state index in [-0.39, 0.29) is 17.0 Å². The van der Waals surface area contributed by atoms with Crippen molar-refractivity contribution in [3.8, 4) is 5.75 Å². The number of nitrogens with two attached hydrogens (primary N) is 1. The number of quaternary nitrogens is 1. The third kappa shape index (κ3) is 3.77. The lowest BCUT2D eigenvalue weighted by atomic mass is 9.81. The maximum atomic E-state index is 12.8. The highest BCUT2D eigenvalue weighted by atomic mass is 32.1. The molecule has 1 aliphatic heterocycles. The Labute approximate surface area is 169 Å². The average molecular weight is 404 g/mol. The number of esters is 1. The highest BCUT2D eigenvalue weighted by Gasteiger charge is 2.45. The Morgan fingerprint density at radius 1 is 1.11 bits per heavy atom. The predicted molar refractivity (Wildman–Crippen MR) is 109 cm³/mol. The van der Waals surface area contributed by atoms with Crippen molar-refractivity contribution in [3.63, 3.8) is 0 Å². The molecule has 0 bridgehead atoms. The summed E-state index contributed by atoms with van der Waals surface area (Å²) < 4.78 is 10.2. The van der Waals surface area contributed by atoms with Gasteiger partial charge in [0.1, 0.15) is 16.3 Å². The lowest BCUT2D eigenvalue weighted by Crippen LogP contribution is -3.03. The van der Waals surface area contributed by atoms with Gasteiger partial charge in [-0.05, 0) is 57.5 Å². The number of methoxy groups -OCH3 is 2. The Balaban J connectivity index is 2.02. The van der Waals surface area contributed by atoms with Gasteiger partial charge in [0.05, 0.1) is 30.2 Å². The zero-order valence-electron chi connectivity index (χ0n) is 17.1. The zero-order chi connectivity index (χ0) is 20.7. The minimum absolute atomic E-state index is 0.0579. The van der Waals surface area contributed by atoms with Crippen LogP contribution in [0.25, 0.3) is 0 Å². The van der Waals surface area contributed by atoms with Crippen LogP contribution in [0, 0.1) is 0 Å². The molecular weight excluding hydrogens is 376 g/mol. The van der Waals surface area contributed by atoms with Gasteiger partial charge < -0.3 is 20.1 Å². The molecule has 1 aromatic heterocycles. The largest absolute Gasteiger partial charge is 0.497 e. The molecule has 0 aliphatic carbocycles. The van der Waals surface area contributed by atoms with Gasteiger partial charge in [0.25, 0.3) is 5.91 Å². The van der Waals surface area contributed by atoms with Gasteiger partial charge in [0.15, 0.2) is 0 Å². The molecule has 2 aromatic rings. The lowest BCUT2D eigenvalue weighted by Gasteiger charge is -2.38. The maximum absolute atomic E-state index is 12.8. The van der Waals surface area contributed by atoms with Crippen LogP contribution >= 0.6 is 11.3 Å². The van der Waals surface area contributed by atoms with E-state index in [0.717, 1.165) is 16.9 Å². The van der Waals surface area contributed by atoms with Crippen LogP contribution in [0.5, 0.6) is 5.75 Å². The first-order chi connectivity index (χ1) is 13.1. The monoisotopic (exact) mass is 403 g/mol. The summed E-state index contributed by atoms with van der Waals surface area (Å²) in [4.78, 5) is 26.5. The molecule has 1 aliphatic rings. The SMILES string of the molecule is COC(=O)c1c(NC(=O)c2ccc(OC)cc2)sc2c1CC(C)(C)[NH2+]C2(C)C. The van der Waals surface area contributed by atoms with E-state index < -0.39 is 5.97 Å².